The highest BCUT2D eigenvalue weighted by Crippen LogP contribution is 2.38. The molecule has 0 aliphatic heterocycles. The first-order valence-corrected chi connectivity index (χ1v) is 8.19. The zero-order chi connectivity index (χ0) is 16.4. The molecule has 1 fully saturated rings. The summed E-state index contributed by atoms with van der Waals surface area (Å²) in [5, 5.41) is 3.00. The Labute approximate surface area is 137 Å². The van der Waals surface area contributed by atoms with E-state index in [2.05, 4.69) is 29.8 Å². The van der Waals surface area contributed by atoms with Crippen molar-refractivity contribution in [2.75, 3.05) is 13.7 Å². The first-order chi connectivity index (χ1) is 11.1. The minimum Gasteiger partial charge on any atom is -0.497 e. The molecule has 1 aliphatic carbocycles. The van der Waals surface area contributed by atoms with Gasteiger partial charge in [-0.3, -0.25) is 4.79 Å². The van der Waals surface area contributed by atoms with Crippen LogP contribution in [0.2, 0.25) is 0 Å². The molecular formula is C19H24N2O2. The standard InChI is InChI=1S/C19H24N2O2/c1-13-12-16(14(2)21(13)17-6-7-17)10-11-20-19(22)15-4-8-18(23-3)9-5-15/h4-5,8-9,12,17H,6-7,10-11H2,1-3H3,(H,20,22). The number of carbonyl (C=O) groups excluding carboxylic acids is 1. The number of nitrogens with zero attached hydrogens (tertiary/aromatic N) is 1. The van der Waals surface area contributed by atoms with Gasteiger partial charge in [-0.1, -0.05) is 0 Å². The van der Waals surface area contributed by atoms with E-state index in [1.165, 1.54) is 29.8 Å². The predicted octanol–water partition coefficient (Wildman–Crippen LogP) is 3.42. The molecule has 0 radical (unpaired) electrons. The van der Waals surface area contributed by atoms with Crippen LogP contribution in [0, 0.1) is 13.8 Å². The number of ether oxygens (including phenoxy) is 1. The quantitative estimate of drug-likeness (QED) is 0.888. The molecule has 0 unspecified atom stereocenters. The van der Waals surface area contributed by atoms with E-state index in [0.29, 0.717) is 18.2 Å². The molecule has 3 rings (SSSR count). The van der Waals surface area contributed by atoms with Gasteiger partial charge >= 0.3 is 0 Å². The highest BCUT2D eigenvalue weighted by atomic mass is 16.5. The Kier molecular flexibility index (Phi) is 4.42. The Morgan fingerprint density at radius 1 is 1.26 bits per heavy atom. The lowest BCUT2D eigenvalue weighted by Gasteiger charge is -2.09. The van der Waals surface area contributed by atoms with Crippen molar-refractivity contribution in [3.05, 3.63) is 52.8 Å². The molecule has 1 amide bonds. The van der Waals surface area contributed by atoms with E-state index in [-0.39, 0.29) is 5.91 Å². The van der Waals surface area contributed by atoms with Gasteiger partial charge in [-0.05, 0) is 69.0 Å². The second kappa shape index (κ2) is 6.49. The predicted molar refractivity (Wildman–Crippen MR) is 91.2 cm³/mol. The third-order valence-electron chi connectivity index (χ3n) is 4.53. The number of amides is 1. The lowest BCUT2D eigenvalue weighted by molar-refractivity contribution is 0.0954. The summed E-state index contributed by atoms with van der Waals surface area (Å²) in [5.41, 5.74) is 4.68. The van der Waals surface area contributed by atoms with Gasteiger partial charge in [-0.2, -0.15) is 0 Å². The van der Waals surface area contributed by atoms with E-state index in [1.54, 1.807) is 31.4 Å². The number of carbonyl (C=O) groups is 1. The average Bonchev–Trinajstić information content (AvgIpc) is 3.34. The van der Waals surface area contributed by atoms with Crippen molar-refractivity contribution in [2.24, 2.45) is 0 Å². The maximum absolute atomic E-state index is 12.2. The highest BCUT2D eigenvalue weighted by Gasteiger charge is 2.26. The van der Waals surface area contributed by atoms with Crippen molar-refractivity contribution in [1.82, 2.24) is 9.88 Å². The minimum atomic E-state index is -0.0383. The third-order valence-corrected chi connectivity index (χ3v) is 4.53. The summed E-state index contributed by atoms with van der Waals surface area (Å²) in [6.45, 7) is 5.01. The van der Waals surface area contributed by atoms with E-state index < -0.39 is 0 Å². The third kappa shape index (κ3) is 3.41. The van der Waals surface area contributed by atoms with E-state index in [1.807, 2.05) is 0 Å². The van der Waals surface area contributed by atoms with Gasteiger partial charge in [0.05, 0.1) is 7.11 Å². The zero-order valence-corrected chi connectivity index (χ0v) is 14.1. The Hall–Kier alpha value is -2.23. The molecule has 0 atom stereocenters. The average molecular weight is 312 g/mol. The van der Waals surface area contributed by atoms with Crippen LogP contribution in [-0.4, -0.2) is 24.1 Å². The fourth-order valence-corrected chi connectivity index (χ4v) is 3.15. The number of nitrogens with one attached hydrogen (secondary N) is 1. The molecule has 1 heterocycles. The van der Waals surface area contributed by atoms with Crippen molar-refractivity contribution >= 4 is 5.91 Å². The van der Waals surface area contributed by atoms with E-state index >= 15 is 0 Å². The van der Waals surface area contributed by atoms with Crippen molar-refractivity contribution < 1.29 is 9.53 Å². The van der Waals surface area contributed by atoms with Crippen LogP contribution >= 0.6 is 0 Å². The lowest BCUT2D eigenvalue weighted by atomic mass is 10.1. The molecule has 122 valence electrons. The lowest BCUT2D eigenvalue weighted by Crippen LogP contribution is -2.25. The summed E-state index contributed by atoms with van der Waals surface area (Å²) in [6.07, 6.45) is 3.46. The van der Waals surface area contributed by atoms with Crippen LogP contribution in [0.15, 0.2) is 30.3 Å². The molecule has 1 aromatic carbocycles. The van der Waals surface area contributed by atoms with Crippen molar-refractivity contribution in [3.8, 4) is 5.75 Å². The molecule has 4 heteroatoms. The Bertz CT molecular complexity index is 697. The molecule has 0 spiro atoms. The van der Waals surface area contributed by atoms with E-state index in [0.717, 1.165) is 12.2 Å². The summed E-state index contributed by atoms with van der Waals surface area (Å²) in [5.74, 6) is 0.720. The largest absolute Gasteiger partial charge is 0.497 e. The number of benzene rings is 1. The maximum atomic E-state index is 12.2. The summed E-state index contributed by atoms with van der Waals surface area (Å²) in [4.78, 5) is 12.2. The number of rotatable bonds is 6. The fraction of sp³-hybridized carbons (Fsp3) is 0.421. The van der Waals surface area contributed by atoms with Crippen LogP contribution in [0.5, 0.6) is 5.75 Å². The molecule has 1 N–H and O–H groups in total. The number of hydrogen-bond acceptors (Lipinski definition) is 2. The Morgan fingerprint density at radius 2 is 1.96 bits per heavy atom. The van der Waals surface area contributed by atoms with Gasteiger partial charge in [0.2, 0.25) is 0 Å². The smallest absolute Gasteiger partial charge is 0.251 e. The molecule has 1 aromatic heterocycles. The maximum Gasteiger partial charge on any atom is 0.251 e. The zero-order valence-electron chi connectivity index (χ0n) is 14.1. The number of aryl methyl sites for hydroxylation is 1. The molecule has 1 saturated carbocycles. The molecular weight excluding hydrogens is 288 g/mol. The Balaban J connectivity index is 1.56. The molecule has 0 saturated heterocycles. The minimum absolute atomic E-state index is 0.0383. The van der Waals surface area contributed by atoms with Gasteiger partial charge in [0.15, 0.2) is 0 Å². The van der Waals surface area contributed by atoms with Crippen molar-refractivity contribution in [2.45, 2.75) is 39.2 Å². The molecule has 23 heavy (non-hydrogen) atoms. The van der Waals surface area contributed by atoms with Gasteiger partial charge in [0.1, 0.15) is 5.75 Å². The second-order valence-electron chi connectivity index (χ2n) is 6.23. The number of methoxy groups -OCH3 is 1. The van der Waals surface area contributed by atoms with Crippen molar-refractivity contribution in [1.29, 1.82) is 0 Å². The molecule has 2 aromatic rings. The van der Waals surface area contributed by atoms with Gasteiger partial charge < -0.3 is 14.6 Å². The van der Waals surface area contributed by atoms with Gasteiger partial charge in [-0.15, -0.1) is 0 Å². The number of aromatic nitrogens is 1. The highest BCUT2D eigenvalue weighted by molar-refractivity contribution is 5.94. The first kappa shape index (κ1) is 15.7. The topological polar surface area (TPSA) is 43.3 Å². The fourth-order valence-electron chi connectivity index (χ4n) is 3.15. The van der Waals surface area contributed by atoms with E-state index in [9.17, 15) is 4.79 Å². The normalized spacial score (nSPS) is 13.9. The Morgan fingerprint density at radius 3 is 2.57 bits per heavy atom. The number of hydrogen-bond donors (Lipinski definition) is 1. The van der Waals surface area contributed by atoms with Crippen LogP contribution < -0.4 is 10.1 Å². The molecule has 4 nitrogen and oxygen atoms in total. The van der Waals surface area contributed by atoms with Gasteiger partial charge in [-0.25, -0.2) is 0 Å². The SMILES string of the molecule is COc1ccc(C(=O)NCCc2cc(C)n(C3CC3)c2C)cc1. The van der Waals surface area contributed by atoms with Crippen molar-refractivity contribution in [3.63, 3.8) is 0 Å². The summed E-state index contributed by atoms with van der Waals surface area (Å²) >= 11 is 0. The summed E-state index contributed by atoms with van der Waals surface area (Å²) < 4.78 is 7.55. The summed E-state index contributed by atoms with van der Waals surface area (Å²) in [7, 11) is 1.62. The van der Waals surface area contributed by atoms with Gasteiger partial charge in [0.25, 0.3) is 5.91 Å². The van der Waals surface area contributed by atoms with Crippen LogP contribution in [0.3, 0.4) is 0 Å². The second-order valence-corrected chi connectivity index (χ2v) is 6.23. The molecule has 0 bridgehead atoms. The van der Waals surface area contributed by atoms with Crippen LogP contribution in [0.25, 0.3) is 0 Å². The van der Waals surface area contributed by atoms with Crippen LogP contribution in [0.4, 0.5) is 0 Å². The monoisotopic (exact) mass is 312 g/mol. The molecule has 1 aliphatic rings. The summed E-state index contributed by atoms with van der Waals surface area (Å²) in [6, 6.07) is 10.1. The van der Waals surface area contributed by atoms with E-state index in [4.69, 9.17) is 4.74 Å². The van der Waals surface area contributed by atoms with Crippen LogP contribution in [0.1, 0.15) is 46.2 Å². The van der Waals surface area contributed by atoms with Gasteiger partial charge in [0, 0.05) is 29.5 Å². The van der Waals surface area contributed by atoms with Crippen LogP contribution in [-0.2, 0) is 6.42 Å². The first-order valence-electron chi connectivity index (χ1n) is 8.19.